The van der Waals surface area contributed by atoms with Crippen molar-refractivity contribution < 1.29 is 8.42 Å². The van der Waals surface area contributed by atoms with Crippen molar-refractivity contribution in [2.45, 2.75) is 12.8 Å². The number of piperidine rings is 1. The fraction of sp³-hybridized carbons (Fsp3) is 0.538. The minimum Gasteiger partial charge on any atom is -0.384 e. The van der Waals surface area contributed by atoms with Crippen LogP contribution in [0.15, 0.2) is 18.2 Å². The Morgan fingerprint density at radius 1 is 1.40 bits per heavy atom. The highest BCUT2D eigenvalue weighted by Crippen LogP contribution is 2.26. The highest BCUT2D eigenvalue weighted by Gasteiger charge is 2.25. The molecule has 2 rings (SSSR count). The molecular weight excluding hydrogens is 319 g/mol. The molecule has 20 heavy (non-hydrogen) atoms. The Hall–Kier alpha value is -0.490. The second-order valence-corrected chi connectivity index (χ2v) is 7.96. The van der Waals surface area contributed by atoms with Crippen molar-refractivity contribution in [1.82, 2.24) is 4.31 Å². The smallest absolute Gasteiger partial charge is 0.211 e. The van der Waals surface area contributed by atoms with Gasteiger partial charge in [0.05, 0.1) is 17.0 Å². The molecule has 0 aliphatic carbocycles. The summed E-state index contributed by atoms with van der Waals surface area (Å²) in [5, 5.41) is 4.45. The fourth-order valence-corrected chi connectivity index (χ4v) is 3.80. The summed E-state index contributed by atoms with van der Waals surface area (Å²) >= 11 is 11.9. The van der Waals surface area contributed by atoms with Gasteiger partial charge in [0.2, 0.25) is 10.0 Å². The van der Waals surface area contributed by atoms with Crippen molar-refractivity contribution in [1.29, 1.82) is 0 Å². The lowest BCUT2D eigenvalue weighted by molar-refractivity contribution is 0.277. The van der Waals surface area contributed by atoms with Crippen LogP contribution >= 0.6 is 23.2 Å². The first-order valence-corrected chi connectivity index (χ1v) is 9.11. The maximum Gasteiger partial charge on any atom is 0.211 e. The van der Waals surface area contributed by atoms with Crippen molar-refractivity contribution >= 4 is 38.9 Å². The van der Waals surface area contributed by atoms with Crippen LogP contribution in [0.1, 0.15) is 12.8 Å². The van der Waals surface area contributed by atoms with E-state index in [9.17, 15) is 8.42 Å². The van der Waals surface area contributed by atoms with Crippen LogP contribution in [0.2, 0.25) is 10.0 Å². The minimum absolute atomic E-state index is 0.296. The number of hydrogen-bond acceptors (Lipinski definition) is 3. The second kappa shape index (κ2) is 6.52. The number of nitrogens with one attached hydrogen (secondary N) is 1. The third-order valence-corrected chi connectivity index (χ3v) is 5.28. The van der Waals surface area contributed by atoms with E-state index in [1.165, 1.54) is 6.26 Å². The lowest BCUT2D eigenvalue weighted by Gasteiger charge is -2.31. The average Bonchev–Trinajstić information content (AvgIpc) is 2.37. The molecule has 1 N–H and O–H groups in total. The van der Waals surface area contributed by atoms with E-state index in [0.717, 1.165) is 18.5 Å². The number of sulfonamides is 1. The van der Waals surface area contributed by atoms with Gasteiger partial charge in [-0.15, -0.1) is 0 Å². The molecule has 1 aromatic carbocycles. The minimum atomic E-state index is -3.09. The van der Waals surface area contributed by atoms with Gasteiger partial charge >= 0.3 is 0 Å². The van der Waals surface area contributed by atoms with E-state index in [4.69, 9.17) is 23.2 Å². The summed E-state index contributed by atoms with van der Waals surface area (Å²) in [5.41, 5.74) is 0.826. The SMILES string of the molecule is CS(=O)(=O)N1CCCC(CNc2ccc(Cl)cc2Cl)C1. The number of anilines is 1. The Morgan fingerprint density at radius 3 is 2.80 bits per heavy atom. The van der Waals surface area contributed by atoms with E-state index in [1.807, 2.05) is 6.07 Å². The van der Waals surface area contributed by atoms with Crippen molar-refractivity contribution in [3.05, 3.63) is 28.2 Å². The molecule has 0 spiro atoms. The predicted octanol–water partition coefficient (Wildman–Crippen LogP) is 3.08. The maximum atomic E-state index is 11.6. The molecule has 4 nitrogen and oxygen atoms in total. The zero-order valence-corrected chi connectivity index (χ0v) is 13.6. The Kier molecular flexibility index (Phi) is 5.18. The molecule has 0 bridgehead atoms. The number of halogens is 2. The number of nitrogens with zero attached hydrogens (tertiary/aromatic N) is 1. The lowest BCUT2D eigenvalue weighted by Crippen LogP contribution is -2.41. The molecule has 1 fully saturated rings. The normalized spacial score (nSPS) is 20.9. The van der Waals surface area contributed by atoms with Gasteiger partial charge in [-0.1, -0.05) is 23.2 Å². The first-order valence-electron chi connectivity index (χ1n) is 6.50. The van der Waals surface area contributed by atoms with Gasteiger partial charge in [0.25, 0.3) is 0 Å². The van der Waals surface area contributed by atoms with Crippen molar-refractivity contribution in [2.24, 2.45) is 5.92 Å². The van der Waals surface area contributed by atoms with Crippen molar-refractivity contribution in [3.63, 3.8) is 0 Å². The van der Waals surface area contributed by atoms with E-state index in [2.05, 4.69) is 5.32 Å². The molecule has 1 aliphatic heterocycles. The molecule has 1 unspecified atom stereocenters. The summed E-state index contributed by atoms with van der Waals surface area (Å²) in [6, 6.07) is 5.30. The number of benzene rings is 1. The quantitative estimate of drug-likeness (QED) is 0.919. The summed E-state index contributed by atoms with van der Waals surface area (Å²) in [6.45, 7) is 1.89. The zero-order valence-electron chi connectivity index (χ0n) is 11.3. The summed E-state index contributed by atoms with van der Waals surface area (Å²) in [6.07, 6.45) is 3.18. The van der Waals surface area contributed by atoms with Crippen LogP contribution in [0.5, 0.6) is 0 Å². The molecule has 1 saturated heterocycles. The molecule has 1 aliphatic rings. The summed E-state index contributed by atoms with van der Waals surface area (Å²) in [4.78, 5) is 0. The van der Waals surface area contributed by atoms with Crippen LogP contribution in [0.3, 0.4) is 0 Å². The van der Waals surface area contributed by atoms with E-state index < -0.39 is 10.0 Å². The molecular formula is C13H18Cl2N2O2S. The van der Waals surface area contributed by atoms with E-state index in [1.54, 1.807) is 16.4 Å². The summed E-state index contributed by atoms with van der Waals surface area (Å²) in [7, 11) is -3.09. The molecule has 0 radical (unpaired) electrons. The van der Waals surface area contributed by atoms with Crippen LogP contribution in [0.4, 0.5) is 5.69 Å². The third-order valence-electron chi connectivity index (χ3n) is 3.46. The maximum absolute atomic E-state index is 11.6. The van der Waals surface area contributed by atoms with Crippen LogP contribution in [0, 0.1) is 5.92 Å². The molecule has 1 atom stereocenters. The van der Waals surface area contributed by atoms with Crippen LogP contribution < -0.4 is 5.32 Å². The molecule has 1 aromatic rings. The van der Waals surface area contributed by atoms with Gasteiger partial charge in [-0.3, -0.25) is 0 Å². The lowest BCUT2D eigenvalue weighted by atomic mass is 9.99. The molecule has 7 heteroatoms. The fourth-order valence-electron chi connectivity index (χ4n) is 2.38. The first-order chi connectivity index (χ1) is 9.36. The highest BCUT2D eigenvalue weighted by molar-refractivity contribution is 7.88. The van der Waals surface area contributed by atoms with Gasteiger partial charge in [0.1, 0.15) is 0 Å². The topological polar surface area (TPSA) is 49.4 Å². The van der Waals surface area contributed by atoms with Gasteiger partial charge in [0.15, 0.2) is 0 Å². The summed E-state index contributed by atoms with van der Waals surface area (Å²) in [5.74, 6) is 0.296. The van der Waals surface area contributed by atoms with E-state index in [0.29, 0.717) is 35.6 Å². The molecule has 0 saturated carbocycles. The summed E-state index contributed by atoms with van der Waals surface area (Å²) < 4.78 is 24.7. The van der Waals surface area contributed by atoms with Crippen molar-refractivity contribution in [3.8, 4) is 0 Å². The van der Waals surface area contributed by atoms with Crippen molar-refractivity contribution in [2.75, 3.05) is 31.2 Å². The van der Waals surface area contributed by atoms with E-state index in [-0.39, 0.29) is 0 Å². The monoisotopic (exact) mass is 336 g/mol. The number of hydrogen-bond donors (Lipinski definition) is 1. The zero-order chi connectivity index (χ0) is 14.8. The van der Waals surface area contributed by atoms with Crippen LogP contribution in [-0.2, 0) is 10.0 Å². The van der Waals surface area contributed by atoms with Gasteiger partial charge < -0.3 is 5.32 Å². The number of rotatable bonds is 4. The Labute approximate surface area is 130 Å². The highest BCUT2D eigenvalue weighted by atomic mass is 35.5. The van der Waals surface area contributed by atoms with Crippen LogP contribution in [0.25, 0.3) is 0 Å². The largest absolute Gasteiger partial charge is 0.384 e. The Morgan fingerprint density at radius 2 is 2.15 bits per heavy atom. The standard InChI is InChI=1S/C13H18Cl2N2O2S/c1-20(18,19)17-6-2-3-10(9-17)8-16-13-5-4-11(14)7-12(13)15/h4-5,7,10,16H,2-3,6,8-9H2,1H3. The molecule has 0 amide bonds. The predicted molar refractivity (Wildman–Crippen MR) is 84.1 cm³/mol. The molecule has 1 heterocycles. The third kappa shape index (κ3) is 4.25. The Bertz CT molecular complexity index is 578. The molecule has 112 valence electrons. The van der Waals surface area contributed by atoms with Crippen LogP contribution in [-0.4, -0.2) is 38.6 Å². The first kappa shape index (κ1) is 15.9. The van der Waals surface area contributed by atoms with E-state index >= 15 is 0 Å². The van der Waals surface area contributed by atoms with Gasteiger partial charge in [-0.2, -0.15) is 0 Å². The Balaban J connectivity index is 1.94. The van der Waals surface area contributed by atoms with Gasteiger partial charge in [-0.05, 0) is 37.0 Å². The van der Waals surface area contributed by atoms with Gasteiger partial charge in [-0.25, -0.2) is 12.7 Å². The molecule has 0 aromatic heterocycles. The van der Waals surface area contributed by atoms with Gasteiger partial charge in [0, 0.05) is 24.7 Å². The average molecular weight is 337 g/mol. The second-order valence-electron chi connectivity index (χ2n) is 5.13.